The van der Waals surface area contributed by atoms with Crippen molar-refractivity contribution in [2.24, 2.45) is 5.18 Å². The number of nitrogens with zero attached hydrogens (tertiary/aromatic N) is 4. The molecule has 0 fully saturated rings. The third-order valence-electron chi connectivity index (χ3n) is 6.09. The lowest BCUT2D eigenvalue weighted by Gasteiger charge is -2.24. The minimum absolute atomic E-state index is 0.00288. The van der Waals surface area contributed by atoms with Crippen molar-refractivity contribution in [3.63, 3.8) is 0 Å². The first kappa shape index (κ1) is 33.4. The number of amides is 3. The van der Waals surface area contributed by atoms with Gasteiger partial charge in [0.25, 0.3) is 0 Å². The summed E-state index contributed by atoms with van der Waals surface area (Å²) in [6.07, 6.45) is 5.95. The highest BCUT2D eigenvalue weighted by Crippen LogP contribution is 2.24. The van der Waals surface area contributed by atoms with Gasteiger partial charge in [0.2, 0.25) is 11.8 Å². The van der Waals surface area contributed by atoms with Crippen molar-refractivity contribution in [3.8, 4) is 5.75 Å². The monoisotopic (exact) mass is 551 g/mol. The molecule has 1 aromatic rings. The van der Waals surface area contributed by atoms with E-state index < -0.39 is 6.09 Å². The predicted molar refractivity (Wildman–Crippen MR) is 153 cm³/mol. The van der Waals surface area contributed by atoms with E-state index in [1.807, 2.05) is 19.0 Å². The SMILES string of the molecule is CC(=O)N(CCCCCCCCNC(=O)CCS)Cc1cc(CN=O)ccc1OC(=O)N(C)CCN(C)C. The van der Waals surface area contributed by atoms with Gasteiger partial charge in [0, 0.05) is 58.7 Å². The molecule has 0 aromatic heterocycles. The third kappa shape index (κ3) is 14.3. The van der Waals surface area contributed by atoms with E-state index in [1.165, 1.54) is 11.8 Å². The van der Waals surface area contributed by atoms with E-state index in [4.69, 9.17) is 4.74 Å². The van der Waals surface area contributed by atoms with E-state index >= 15 is 0 Å². The lowest BCUT2D eigenvalue weighted by atomic mass is 10.1. The second-order valence-electron chi connectivity index (χ2n) is 9.71. The number of hydrogen-bond acceptors (Lipinski definition) is 8. The number of carbonyl (C=O) groups is 3. The van der Waals surface area contributed by atoms with Crippen LogP contribution in [0.1, 0.15) is 63.0 Å². The van der Waals surface area contributed by atoms with Crippen LogP contribution in [0.15, 0.2) is 23.4 Å². The summed E-state index contributed by atoms with van der Waals surface area (Å²) >= 11 is 4.05. The molecule has 0 aliphatic heterocycles. The Bertz CT molecular complexity index is 883. The quantitative estimate of drug-likeness (QED) is 0.152. The largest absolute Gasteiger partial charge is 0.415 e. The van der Waals surface area contributed by atoms with Gasteiger partial charge in [0.15, 0.2) is 0 Å². The number of ether oxygens (including phenoxy) is 1. The zero-order chi connectivity index (χ0) is 28.3. The Morgan fingerprint density at radius 2 is 1.66 bits per heavy atom. The van der Waals surface area contributed by atoms with Gasteiger partial charge in [-0.2, -0.15) is 17.5 Å². The van der Waals surface area contributed by atoms with Gasteiger partial charge in [-0.1, -0.05) is 36.9 Å². The molecule has 11 heteroatoms. The molecule has 0 saturated carbocycles. The molecule has 214 valence electrons. The first-order chi connectivity index (χ1) is 18.2. The summed E-state index contributed by atoms with van der Waals surface area (Å²) in [6, 6.07) is 5.14. The van der Waals surface area contributed by atoms with Crippen molar-refractivity contribution in [3.05, 3.63) is 34.2 Å². The summed E-state index contributed by atoms with van der Waals surface area (Å²) in [7, 11) is 5.54. The van der Waals surface area contributed by atoms with Crippen molar-refractivity contribution in [2.45, 2.75) is 65.0 Å². The van der Waals surface area contributed by atoms with Gasteiger partial charge in [-0.25, -0.2) is 4.79 Å². The second-order valence-corrected chi connectivity index (χ2v) is 10.2. The van der Waals surface area contributed by atoms with Crippen molar-refractivity contribution in [1.82, 2.24) is 20.0 Å². The van der Waals surface area contributed by atoms with E-state index in [1.54, 1.807) is 30.1 Å². The summed E-state index contributed by atoms with van der Waals surface area (Å²) in [5, 5.41) is 5.85. The standard InChI is InChI=1S/C27H45N5O5S/c1-22(33)32(15-10-8-6-5-7-9-14-28-26(34)13-18-38)21-24-19-23(20-29-36)11-12-25(24)37-27(35)31(4)17-16-30(2)3/h11-12,19,38H,5-10,13-18,20-21H2,1-4H3,(H,28,34). The van der Waals surface area contributed by atoms with Crippen LogP contribution in [-0.2, 0) is 22.7 Å². The fourth-order valence-corrected chi connectivity index (χ4v) is 3.95. The normalized spacial score (nSPS) is 10.8. The minimum Gasteiger partial charge on any atom is -0.410 e. The topological polar surface area (TPSA) is 112 Å². The number of benzene rings is 1. The van der Waals surface area contributed by atoms with Crippen LogP contribution in [-0.4, -0.2) is 85.7 Å². The molecule has 1 rings (SSSR count). The summed E-state index contributed by atoms with van der Waals surface area (Å²) in [4.78, 5) is 52.5. The van der Waals surface area contributed by atoms with Gasteiger partial charge in [-0.3, -0.25) is 9.59 Å². The van der Waals surface area contributed by atoms with Gasteiger partial charge < -0.3 is 24.8 Å². The molecule has 0 bridgehead atoms. The maximum absolute atomic E-state index is 12.6. The molecular weight excluding hydrogens is 506 g/mol. The number of thiol groups is 1. The number of nitrogens with one attached hydrogen (secondary N) is 1. The Labute approximate surface area is 232 Å². The number of nitroso groups, excluding NO2 is 1. The van der Waals surface area contributed by atoms with Crippen LogP contribution >= 0.6 is 12.6 Å². The minimum atomic E-state index is -0.481. The molecule has 0 heterocycles. The maximum atomic E-state index is 12.6. The second kappa shape index (κ2) is 19.4. The number of carbonyl (C=O) groups excluding carboxylic acids is 3. The lowest BCUT2D eigenvalue weighted by Crippen LogP contribution is -2.35. The van der Waals surface area contributed by atoms with E-state index in [9.17, 15) is 19.3 Å². The molecule has 0 aliphatic carbocycles. The average Bonchev–Trinajstić information content (AvgIpc) is 2.86. The van der Waals surface area contributed by atoms with Gasteiger partial charge in [-0.15, -0.1) is 0 Å². The van der Waals surface area contributed by atoms with Gasteiger partial charge in [-0.05, 0) is 50.4 Å². The summed E-state index contributed by atoms with van der Waals surface area (Å²) in [5.41, 5.74) is 1.36. The van der Waals surface area contributed by atoms with Crippen LogP contribution in [0.4, 0.5) is 4.79 Å². The van der Waals surface area contributed by atoms with E-state index in [-0.39, 0.29) is 24.9 Å². The van der Waals surface area contributed by atoms with Crippen LogP contribution in [0, 0.1) is 4.91 Å². The lowest BCUT2D eigenvalue weighted by molar-refractivity contribution is -0.129. The zero-order valence-corrected chi connectivity index (χ0v) is 24.3. The highest BCUT2D eigenvalue weighted by Gasteiger charge is 2.18. The van der Waals surface area contributed by atoms with Crippen LogP contribution in [0.3, 0.4) is 0 Å². The molecule has 10 nitrogen and oxygen atoms in total. The van der Waals surface area contributed by atoms with Gasteiger partial charge >= 0.3 is 6.09 Å². The van der Waals surface area contributed by atoms with Crippen LogP contribution in [0.5, 0.6) is 5.75 Å². The van der Waals surface area contributed by atoms with E-state index in [2.05, 4.69) is 23.1 Å². The molecule has 1 aromatic carbocycles. The first-order valence-electron chi connectivity index (χ1n) is 13.3. The number of hydrogen-bond donors (Lipinski definition) is 2. The van der Waals surface area contributed by atoms with Crippen molar-refractivity contribution in [1.29, 1.82) is 0 Å². The zero-order valence-electron chi connectivity index (χ0n) is 23.4. The summed E-state index contributed by atoms with van der Waals surface area (Å²) in [6.45, 7) is 4.30. The van der Waals surface area contributed by atoms with E-state index in [0.29, 0.717) is 55.2 Å². The molecule has 0 saturated heterocycles. The summed E-state index contributed by atoms with van der Waals surface area (Å²) in [5.74, 6) is 0.910. The molecule has 0 atom stereocenters. The Hall–Kier alpha value is -2.66. The Morgan fingerprint density at radius 1 is 0.974 bits per heavy atom. The van der Waals surface area contributed by atoms with Crippen LogP contribution < -0.4 is 10.1 Å². The Kier molecular flexibility index (Phi) is 17.0. The highest BCUT2D eigenvalue weighted by atomic mass is 32.1. The molecule has 38 heavy (non-hydrogen) atoms. The van der Waals surface area contributed by atoms with E-state index in [0.717, 1.165) is 38.5 Å². The van der Waals surface area contributed by atoms with Crippen molar-refractivity contribution in [2.75, 3.05) is 53.1 Å². The number of unbranched alkanes of at least 4 members (excludes halogenated alkanes) is 5. The smallest absolute Gasteiger partial charge is 0.410 e. The number of rotatable bonds is 19. The predicted octanol–water partition coefficient (Wildman–Crippen LogP) is 4.07. The molecular formula is C27H45N5O5S. The molecule has 3 amide bonds. The highest BCUT2D eigenvalue weighted by molar-refractivity contribution is 7.80. The van der Waals surface area contributed by atoms with Crippen LogP contribution in [0.25, 0.3) is 0 Å². The third-order valence-corrected chi connectivity index (χ3v) is 6.31. The Balaban J connectivity index is 2.63. The van der Waals surface area contributed by atoms with Crippen LogP contribution in [0.2, 0.25) is 0 Å². The molecule has 0 unspecified atom stereocenters. The Morgan fingerprint density at radius 3 is 2.29 bits per heavy atom. The molecule has 1 N–H and O–H groups in total. The summed E-state index contributed by atoms with van der Waals surface area (Å²) < 4.78 is 5.66. The van der Waals surface area contributed by atoms with Crippen molar-refractivity contribution < 1.29 is 19.1 Å². The fourth-order valence-electron chi connectivity index (χ4n) is 3.75. The maximum Gasteiger partial charge on any atom is 0.415 e. The van der Waals surface area contributed by atoms with Crippen molar-refractivity contribution >= 4 is 30.5 Å². The molecule has 0 radical (unpaired) electrons. The average molecular weight is 552 g/mol. The van der Waals surface area contributed by atoms with Gasteiger partial charge in [0.1, 0.15) is 12.3 Å². The van der Waals surface area contributed by atoms with Gasteiger partial charge in [0.05, 0.1) is 0 Å². The fraction of sp³-hybridized carbons (Fsp3) is 0.667. The molecule has 0 aliphatic rings. The number of likely N-dealkylation sites (N-methyl/N-ethyl adjacent to an activating group) is 2. The first-order valence-corrected chi connectivity index (χ1v) is 13.9. The molecule has 0 spiro atoms.